The fraction of sp³-hybridized carbons (Fsp3) is 0.438. The molecule has 0 saturated carbocycles. The molecule has 0 amide bonds. The summed E-state index contributed by atoms with van der Waals surface area (Å²) in [5.41, 5.74) is 4.71. The highest BCUT2D eigenvalue weighted by Crippen LogP contribution is 2.12. The predicted octanol–water partition coefficient (Wildman–Crippen LogP) is 3.39. The zero-order valence-corrected chi connectivity index (χ0v) is 12.9. The lowest BCUT2D eigenvalue weighted by atomic mass is 10.2. The second-order valence-corrected chi connectivity index (χ2v) is 4.91. The third-order valence-electron chi connectivity index (χ3n) is 3.44. The first-order chi connectivity index (χ1) is 10.2. The van der Waals surface area contributed by atoms with E-state index in [1.54, 1.807) is 4.57 Å². The van der Waals surface area contributed by atoms with Crippen LogP contribution in [0.1, 0.15) is 40.0 Å². The Hall–Kier alpha value is -2.17. The van der Waals surface area contributed by atoms with Gasteiger partial charge in [-0.2, -0.15) is 5.10 Å². The molecule has 0 atom stereocenters. The minimum absolute atomic E-state index is 0.0188. The van der Waals surface area contributed by atoms with Gasteiger partial charge in [-0.3, -0.25) is 9.36 Å². The second-order valence-electron chi connectivity index (χ2n) is 4.91. The first-order valence-corrected chi connectivity index (χ1v) is 7.52. The molecule has 0 saturated heterocycles. The van der Waals surface area contributed by atoms with E-state index in [9.17, 15) is 4.79 Å². The van der Waals surface area contributed by atoms with E-state index in [1.165, 1.54) is 0 Å². The average Bonchev–Trinajstić information content (AvgIpc) is 2.52. The highest BCUT2D eigenvalue weighted by molar-refractivity contribution is 5.84. The van der Waals surface area contributed by atoms with Crippen LogP contribution in [0.3, 0.4) is 0 Å². The summed E-state index contributed by atoms with van der Waals surface area (Å²) in [4.78, 5) is 17.1. The highest BCUT2D eigenvalue weighted by Gasteiger charge is 2.09. The summed E-state index contributed by atoms with van der Waals surface area (Å²) >= 11 is 0. The Labute approximate surface area is 124 Å². The number of anilines is 1. The van der Waals surface area contributed by atoms with E-state index < -0.39 is 0 Å². The molecule has 5 heteroatoms. The van der Waals surface area contributed by atoms with Gasteiger partial charge in [0.25, 0.3) is 5.56 Å². The van der Waals surface area contributed by atoms with Crippen LogP contribution in [0.25, 0.3) is 10.9 Å². The number of nitrogens with one attached hydrogen (secondary N) is 1. The zero-order chi connectivity index (χ0) is 15.2. The summed E-state index contributed by atoms with van der Waals surface area (Å²) in [5, 5.41) is 5.01. The van der Waals surface area contributed by atoms with Gasteiger partial charge in [0, 0.05) is 12.3 Å². The topological polar surface area (TPSA) is 59.3 Å². The molecule has 0 aliphatic heterocycles. The monoisotopic (exact) mass is 286 g/mol. The van der Waals surface area contributed by atoms with Gasteiger partial charge in [0.05, 0.1) is 10.9 Å². The molecule has 5 nitrogen and oxygen atoms in total. The van der Waals surface area contributed by atoms with Crippen LogP contribution in [-0.4, -0.2) is 15.3 Å². The summed E-state index contributed by atoms with van der Waals surface area (Å²) in [7, 11) is 0. The SMILES string of the molecule is CCCn1c(NN=C(CC)CC)nc2ccccc2c1=O. The Morgan fingerprint density at radius 2 is 1.95 bits per heavy atom. The molecule has 0 aliphatic carbocycles. The number of fused-ring (bicyclic) bond motifs is 1. The Bertz CT molecular complexity index is 697. The molecule has 0 spiro atoms. The molecule has 1 aromatic heterocycles. The van der Waals surface area contributed by atoms with Crippen molar-refractivity contribution in [3.05, 3.63) is 34.6 Å². The Morgan fingerprint density at radius 1 is 1.24 bits per heavy atom. The molecule has 1 heterocycles. The lowest BCUT2D eigenvalue weighted by Gasteiger charge is -2.12. The first kappa shape index (κ1) is 15.2. The zero-order valence-electron chi connectivity index (χ0n) is 12.9. The normalized spacial score (nSPS) is 10.6. The molecule has 2 rings (SSSR count). The lowest BCUT2D eigenvalue weighted by Crippen LogP contribution is -2.24. The standard InChI is InChI=1S/C16H22N4O/c1-4-11-20-15(21)13-9-7-8-10-14(13)17-16(20)19-18-12(5-2)6-3/h7-10H,4-6,11H2,1-3H3,(H,17,19). The van der Waals surface area contributed by atoms with Gasteiger partial charge in [0.15, 0.2) is 0 Å². The largest absolute Gasteiger partial charge is 0.277 e. The van der Waals surface area contributed by atoms with Crippen LogP contribution in [-0.2, 0) is 6.54 Å². The van der Waals surface area contributed by atoms with Crippen LogP contribution in [0, 0.1) is 0 Å². The fourth-order valence-electron chi connectivity index (χ4n) is 2.22. The van der Waals surface area contributed by atoms with Gasteiger partial charge in [0.2, 0.25) is 5.95 Å². The van der Waals surface area contributed by atoms with Crippen molar-refractivity contribution in [2.24, 2.45) is 5.10 Å². The smallest absolute Gasteiger partial charge is 0.262 e. The number of aromatic nitrogens is 2. The van der Waals surface area contributed by atoms with E-state index in [0.29, 0.717) is 23.4 Å². The molecule has 21 heavy (non-hydrogen) atoms. The molecule has 0 bridgehead atoms. The fourth-order valence-corrected chi connectivity index (χ4v) is 2.22. The van der Waals surface area contributed by atoms with Gasteiger partial charge < -0.3 is 0 Å². The van der Waals surface area contributed by atoms with E-state index >= 15 is 0 Å². The average molecular weight is 286 g/mol. The van der Waals surface area contributed by atoms with Crippen molar-refractivity contribution in [2.75, 3.05) is 5.43 Å². The van der Waals surface area contributed by atoms with Crippen molar-refractivity contribution in [2.45, 2.75) is 46.6 Å². The molecule has 0 aliphatic rings. The van der Waals surface area contributed by atoms with Crippen molar-refractivity contribution in [3.63, 3.8) is 0 Å². The molecule has 112 valence electrons. The van der Waals surface area contributed by atoms with Crippen molar-refractivity contribution in [3.8, 4) is 0 Å². The number of benzene rings is 1. The number of hydrogen-bond acceptors (Lipinski definition) is 4. The first-order valence-electron chi connectivity index (χ1n) is 7.52. The summed E-state index contributed by atoms with van der Waals surface area (Å²) < 4.78 is 1.66. The van der Waals surface area contributed by atoms with Crippen molar-refractivity contribution >= 4 is 22.6 Å². The molecule has 1 N–H and O–H groups in total. The van der Waals surface area contributed by atoms with Crippen molar-refractivity contribution in [1.29, 1.82) is 0 Å². The third-order valence-corrected chi connectivity index (χ3v) is 3.44. The van der Waals surface area contributed by atoms with E-state index in [4.69, 9.17) is 0 Å². The van der Waals surface area contributed by atoms with Gasteiger partial charge >= 0.3 is 0 Å². The van der Waals surface area contributed by atoms with Gasteiger partial charge in [0.1, 0.15) is 0 Å². The highest BCUT2D eigenvalue weighted by atomic mass is 16.1. The van der Waals surface area contributed by atoms with E-state index in [-0.39, 0.29) is 5.56 Å². The minimum Gasteiger partial charge on any atom is -0.277 e. The van der Waals surface area contributed by atoms with E-state index in [0.717, 1.165) is 25.0 Å². The number of hydrazone groups is 1. The molecular weight excluding hydrogens is 264 g/mol. The van der Waals surface area contributed by atoms with Crippen LogP contribution in [0.4, 0.5) is 5.95 Å². The van der Waals surface area contributed by atoms with Crippen molar-refractivity contribution < 1.29 is 0 Å². The number of nitrogens with zero attached hydrogens (tertiary/aromatic N) is 3. The minimum atomic E-state index is -0.0188. The molecule has 1 aromatic carbocycles. The molecule has 0 unspecified atom stereocenters. The van der Waals surface area contributed by atoms with Gasteiger partial charge in [-0.1, -0.05) is 32.9 Å². The van der Waals surface area contributed by atoms with Crippen molar-refractivity contribution in [1.82, 2.24) is 9.55 Å². The van der Waals surface area contributed by atoms with Crippen LogP contribution >= 0.6 is 0 Å². The maximum Gasteiger partial charge on any atom is 0.262 e. The Kier molecular flexibility index (Phi) is 5.09. The summed E-state index contributed by atoms with van der Waals surface area (Å²) in [5.74, 6) is 0.514. The lowest BCUT2D eigenvalue weighted by molar-refractivity contribution is 0.654. The summed E-state index contributed by atoms with van der Waals surface area (Å²) in [6.07, 6.45) is 2.64. The quantitative estimate of drug-likeness (QED) is 0.654. The summed E-state index contributed by atoms with van der Waals surface area (Å²) in [6, 6.07) is 7.41. The number of hydrogen-bond donors (Lipinski definition) is 1. The van der Waals surface area contributed by atoms with Crippen LogP contribution < -0.4 is 11.0 Å². The maximum absolute atomic E-state index is 12.6. The number of rotatable bonds is 6. The van der Waals surface area contributed by atoms with Gasteiger partial charge in [-0.25, -0.2) is 10.4 Å². The maximum atomic E-state index is 12.6. The number of para-hydroxylation sites is 1. The summed E-state index contributed by atoms with van der Waals surface area (Å²) in [6.45, 7) is 6.80. The van der Waals surface area contributed by atoms with Gasteiger partial charge in [-0.15, -0.1) is 0 Å². The van der Waals surface area contributed by atoms with Gasteiger partial charge in [-0.05, 0) is 31.4 Å². The molecule has 0 fully saturated rings. The molecule has 0 radical (unpaired) electrons. The Balaban J connectivity index is 2.53. The predicted molar refractivity (Wildman–Crippen MR) is 87.9 cm³/mol. The Morgan fingerprint density at radius 3 is 2.62 bits per heavy atom. The van der Waals surface area contributed by atoms with Crippen LogP contribution in [0.15, 0.2) is 34.2 Å². The molecule has 2 aromatic rings. The van der Waals surface area contributed by atoms with E-state index in [1.807, 2.05) is 31.2 Å². The van der Waals surface area contributed by atoms with E-state index in [2.05, 4.69) is 29.4 Å². The molecular formula is C16H22N4O. The van der Waals surface area contributed by atoms with Crippen LogP contribution in [0.5, 0.6) is 0 Å². The van der Waals surface area contributed by atoms with Crippen LogP contribution in [0.2, 0.25) is 0 Å². The second kappa shape index (κ2) is 7.02. The third kappa shape index (κ3) is 3.29.